The van der Waals surface area contributed by atoms with Crippen LogP contribution < -0.4 is 4.90 Å². The predicted octanol–water partition coefficient (Wildman–Crippen LogP) is 26.1. The highest BCUT2D eigenvalue weighted by Gasteiger charge is 2.38. The molecule has 0 aliphatic heterocycles. The first-order chi connectivity index (χ1) is 44.3. The smallest absolute Gasteiger partial charge is 0.0544 e. The van der Waals surface area contributed by atoms with Crippen molar-refractivity contribution in [1.29, 1.82) is 0 Å². The summed E-state index contributed by atoms with van der Waals surface area (Å²) in [5.41, 5.74) is 30.5. The minimum atomic E-state index is -0.302. The van der Waals surface area contributed by atoms with Gasteiger partial charge in [0.15, 0.2) is 0 Å². The quantitative estimate of drug-likeness (QED) is 0.124. The fourth-order valence-corrected chi connectivity index (χ4v) is 15.2. The van der Waals surface area contributed by atoms with E-state index in [4.69, 9.17) is 0 Å². The van der Waals surface area contributed by atoms with Crippen molar-refractivity contribution in [2.45, 2.75) is 145 Å². The van der Waals surface area contributed by atoms with Gasteiger partial charge in [-0.15, -0.1) is 0 Å². The van der Waals surface area contributed by atoms with Gasteiger partial charge in [-0.05, 0) is 245 Å². The van der Waals surface area contributed by atoms with Crippen molar-refractivity contribution in [3.63, 3.8) is 0 Å². The summed E-state index contributed by atoms with van der Waals surface area (Å²) >= 11 is 0. The molecule has 11 aromatic rings. The molecule has 3 aliphatic carbocycles. The Kier molecular flexibility index (Phi) is 15.4. The molecule has 0 N–H and O–H groups in total. The maximum atomic E-state index is 2.56. The van der Waals surface area contributed by atoms with E-state index in [-0.39, 0.29) is 27.1 Å². The Labute approximate surface area is 555 Å². The van der Waals surface area contributed by atoms with Crippen molar-refractivity contribution in [2.75, 3.05) is 4.90 Å². The van der Waals surface area contributed by atoms with Crippen molar-refractivity contribution >= 4 is 44.4 Å². The van der Waals surface area contributed by atoms with Crippen LogP contribution in [-0.4, -0.2) is 4.57 Å². The lowest BCUT2D eigenvalue weighted by molar-refractivity contribution is 0.294. The molecule has 0 spiro atoms. The topological polar surface area (TPSA) is 8.17 Å². The van der Waals surface area contributed by atoms with Crippen molar-refractivity contribution in [1.82, 2.24) is 4.57 Å². The Balaban J connectivity index is 0.932. The predicted molar refractivity (Wildman–Crippen MR) is 401 cm³/mol. The molecule has 14 rings (SSSR count). The van der Waals surface area contributed by atoms with Crippen LogP contribution >= 0.6 is 0 Å². The second-order valence-electron chi connectivity index (χ2n) is 31.9. The average molecular weight is 1210 g/mol. The summed E-state index contributed by atoms with van der Waals surface area (Å²) in [7, 11) is 0. The number of anilines is 3. The standard InChI is InChI=1S/C91H92N2/c1-87(2,3)71-38-30-59(31-39-71)65-48-66(60-32-40-72(41-33-60)88(4,5)6)51-69(50-65)63-22-20-26-76(54-63)92(78-46-47-79-81-57-82-80-28-18-19-29-85(80)93(75-24-16-15-17-25-75)86(82)58-84(81)91(13,14)83(79)56-78)77-27-21-23-64(55-77)70-52-67(61-34-42-73(43-35-61)89(7,8)9)49-68(53-70)62-36-44-74(45-37-62)90(10,11)12/h15-35,38-40,42-44,46-58,62,72H,36-37,41,45H2,1-14H3. The van der Waals surface area contributed by atoms with Crippen LogP contribution in [0.1, 0.15) is 162 Å². The lowest BCUT2D eigenvalue weighted by Gasteiger charge is -2.30. The number of nitrogens with zero attached hydrogens (tertiary/aromatic N) is 2. The maximum absolute atomic E-state index is 2.56. The Bertz CT molecular complexity index is 4770. The zero-order valence-corrected chi connectivity index (χ0v) is 57.5. The van der Waals surface area contributed by atoms with Crippen LogP contribution in [0.3, 0.4) is 0 Å². The number of fused-ring (bicyclic) bond motifs is 6. The van der Waals surface area contributed by atoms with Gasteiger partial charge in [0.25, 0.3) is 0 Å². The summed E-state index contributed by atoms with van der Waals surface area (Å²) in [5, 5.41) is 2.55. The van der Waals surface area contributed by atoms with Gasteiger partial charge in [-0.1, -0.05) is 254 Å². The number of aromatic nitrogens is 1. The third-order valence-corrected chi connectivity index (χ3v) is 21.0. The van der Waals surface area contributed by atoms with E-state index in [0.717, 1.165) is 42.7 Å². The van der Waals surface area contributed by atoms with Gasteiger partial charge in [0.05, 0.1) is 11.0 Å². The third-order valence-electron chi connectivity index (χ3n) is 21.0. The molecular weight excluding hydrogens is 1120 g/mol. The summed E-state index contributed by atoms with van der Waals surface area (Å²) in [6.45, 7) is 32.9. The molecule has 0 bridgehead atoms. The first-order valence-electron chi connectivity index (χ1n) is 34.2. The fraction of sp³-hybridized carbons (Fsp3) is 0.275. The Morgan fingerprint density at radius 2 is 0.957 bits per heavy atom. The van der Waals surface area contributed by atoms with Gasteiger partial charge in [0, 0.05) is 38.9 Å². The fourth-order valence-electron chi connectivity index (χ4n) is 15.2. The van der Waals surface area contributed by atoms with E-state index in [1.807, 2.05) is 0 Å². The lowest BCUT2D eigenvalue weighted by Crippen LogP contribution is -2.19. The van der Waals surface area contributed by atoms with Crippen molar-refractivity contribution in [2.24, 2.45) is 16.7 Å². The minimum absolute atomic E-state index is 0.0596. The molecule has 1 heterocycles. The molecule has 93 heavy (non-hydrogen) atoms. The molecule has 0 radical (unpaired) electrons. The minimum Gasteiger partial charge on any atom is -0.310 e. The molecule has 2 nitrogen and oxygen atoms in total. The van der Waals surface area contributed by atoms with E-state index in [2.05, 4.69) is 349 Å². The number of para-hydroxylation sites is 2. The molecule has 0 saturated carbocycles. The monoisotopic (exact) mass is 1210 g/mol. The summed E-state index contributed by atoms with van der Waals surface area (Å²) in [6, 6.07) is 84.2. The highest BCUT2D eigenvalue weighted by Crippen LogP contribution is 2.54. The first kappa shape index (κ1) is 61.5. The van der Waals surface area contributed by atoms with Gasteiger partial charge in [0.1, 0.15) is 0 Å². The van der Waals surface area contributed by atoms with Crippen LogP contribution in [0.25, 0.3) is 88.7 Å². The Morgan fingerprint density at radius 1 is 0.409 bits per heavy atom. The zero-order valence-electron chi connectivity index (χ0n) is 57.5. The van der Waals surface area contributed by atoms with Gasteiger partial charge in [-0.25, -0.2) is 0 Å². The van der Waals surface area contributed by atoms with Gasteiger partial charge in [-0.3, -0.25) is 0 Å². The van der Waals surface area contributed by atoms with Gasteiger partial charge in [0.2, 0.25) is 0 Å². The molecule has 3 aliphatic rings. The normalized spacial score (nSPS) is 16.5. The molecule has 2 unspecified atom stereocenters. The largest absolute Gasteiger partial charge is 0.310 e. The van der Waals surface area contributed by atoms with Crippen LogP contribution in [0.2, 0.25) is 0 Å². The Hall–Kier alpha value is -8.98. The van der Waals surface area contributed by atoms with Crippen LogP contribution in [-0.2, 0) is 16.2 Å². The van der Waals surface area contributed by atoms with Crippen LogP contribution in [0.15, 0.2) is 248 Å². The van der Waals surface area contributed by atoms with Crippen molar-refractivity contribution < 1.29 is 0 Å². The maximum Gasteiger partial charge on any atom is 0.0544 e. The molecule has 2 heteroatoms. The molecule has 2 atom stereocenters. The summed E-state index contributed by atoms with van der Waals surface area (Å²) in [4.78, 5) is 2.53. The molecule has 466 valence electrons. The molecule has 0 amide bonds. The van der Waals surface area contributed by atoms with E-state index in [9.17, 15) is 0 Å². The van der Waals surface area contributed by atoms with Crippen LogP contribution in [0.4, 0.5) is 17.1 Å². The summed E-state index contributed by atoms with van der Waals surface area (Å²) in [5.74, 6) is 0.931. The van der Waals surface area contributed by atoms with Crippen LogP contribution in [0.5, 0.6) is 0 Å². The molecule has 0 fully saturated rings. The van der Waals surface area contributed by atoms with Crippen molar-refractivity contribution in [3.8, 4) is 61.3 Å². The Morgan fingerprint density at radius 3 is 1.52 bits per heavy atom. The first-order valence-corrected chi connectivity index (χ1v) is 34.2. The van der Waals surface area contributed by atoms with E-state index < -0.39 is 0 Å². The molecule has 10 aromatic carbocycles. The number of hydrogen-bond acceptors (Lipinski definition) is 1. The average Bonchev–Trinajstić information content (AvgIpc) is 1.55. The highest BCUT2D eigenvalue weighted by atomic mass is 15.1. The van der Waals surface area contributed by atoms with E-state index in [1.54, 1.807) is 5.57 Å². The van der Waals surface area contributed by atoms with Gasteiger partial charge < -0.3 is 9.47 Å². The van der Waals surface area contributed by atoms with Crippen molar-refractivity contribution in [3.05, 3.63) is 282 Å². The highest BCUT2D eigenvalue weighted by molar-refractivity contribution is 6.12. The molecule has 1 aromatic heterocycles. The second-order valence-corrected chi connectivity index (χ2v) is 31.9. The van der Waals surface area contributed by atoms with Gasteiger partial charge in [-0.2, -0.15) is 0 Å². The summed E-state index contributed by atoms with van der Waals surface area (Å²) < 4.78 is 2.46. The van der Waals surface area contributed by atoms with E-state index in [0.29, 0.717) is 11.8 Å². The molecular formula is C91H92N2. The van der Waals surface area contributed by atoms with Gasteiger partial charge >= 0.3 is 0 Å². The number of benzene rings is 10. The number of allylic oxidation sites excluding steroid dienone is 6. The third kappa shape index (κ3) is 11.8. The second kappa shape index (κ2) is 23.2. The van der Waals surface area contributed by atoms with E-state index in [1.165, 1.54) is 122 Å². The molecule has 0 saturated heterocycles. The van der Waals surface area contributed by atoms with E-state index >= 15 is 0 Å². The van der Waals surface area contributed by atoms with Crippen LogP contribution in [0, 0.1) is 16.7 Å². The SMILES string of the molecule is CC(C)(C)C1=CCC(c2cc(-c3ccc(C(C)(C)C)cc3)cc(-c3cccc(N(c4cccc(-c5cc(C6=CCC(C(C)(C)C)C=C6)cc(-c6ccc(C(C)(C)C)cc6)c5)c4)c4ccc5c(c4)C(C)(C)c4cc6c(cc4-5)c4ccccc4n6-c4ccccc4)c3)c2)CC1. The summed E-state index contributed by atoms with van der Waals surface area (Å²) in [6.07, 6.45) is 14.2. The zero-order chi connectivity index (χ0) is 64.9. The lowest BCUT2D eigenvalue weighted by atomic mass is 9.75. The number of rotatable bonds is 10. The number of hydrogen-bond donors (Lipinski definition) is 0.